The Bertz CT molecular complexity index is 1790. The molecule has 0 aliphatic carbocycles. The number of imidazole rings is 1. The molecule has 4 aromatic rings. The van der Waals surface area contributed by atoms with Gasteiger partial charge in [-0.15, -0.1) is 0 Å². The number of carbonyl (C=O) groups excluding carboxylic acids is 1. The molecule has 3 heterocycles. The third-order valence-corrected chi connectivity index (χ3v) is 8.74. The molecule has 1 saturated heterocycles. The number of nitrogen functional groups attached to an aromatic ring is 1. The number of nitrogens with one attached hydrogen (secondary N) is 1. The second kappa shape index (κ2) is 12.7. The van der Waals surface area contributed by atoms with E-state index in [4.69, 9.17) is 29.0 Å². The lowest BCUT2D eigenvalue weighted by molar-refractivity contribution is -0.202. The molecule has 248 valence electrons. The number of aromatic nitrogens is 4. The molecular weight excluding hydrogens is 629 g/mol. The van der Waals surface area contributed by atoms with Crippen LogP contribution in [0, 0.1) is 0 Å². The molecular formula is C29H35F2N6O8P. The molecule has 0 radical (unpaired) electrons. The van der Waals surface area contributed by atoms with Gasteiger partial charge in [0.25, 0.3) is 5.85 Å². The number of alkyl halides is 2. The third kappa shape index (κ3) is 6.48. The van der Waals surface area contributed by atoms with Crippen LogP contribution in [0.15, 0.2) is 48.8 Å². The van der Waals surface area contributed by atoms with E-state index in [1.165, 1.54) is 13.0 Å². The summed E-state index contributed by atoms with van der Waals surface area (Å²) >= 11 is 0. The van der Waals surface area contributed by atoms with E-state index in [0.717, 1.165) is 23.2 Å². The number of hydrogen-bond donors (Lipinski definition) is 3. The smallest absolute Gasteiger partial charge is 0.459 e. The predicted octanol–water partition coefficient (Wildman–Crippen LogP) is 4.38. The van der Waals surface area contributed by atoms with Gasteiger partial charge in [-0.05, 0) is 46.1 Å². The molecule has 17 heteroatoms. The summed E-state index contributed by atoms with van der Waals surface area (Å²) < 4.78 is 75.2. The first-order valence-electron chi connectivity index (χ1n) is 14.4. The van der Waals surface area contributed by atoms with Crippen molar-refractivity contribution >= 4 is 41.6 Å². The normalized spacial score (nSPS) is 25.1. The molecule has 46 heavy (non-hydrogen) atoms. The number of halogens is 2. The summed E-state index contributed by atoms with van der Waals surface area (Å²) in [5, 5.41) is 14.6. The van der Waals surface area contributed by atoms with Gasteiger partial charge in [-0.1, -0.05) is 36.4 Å². The zero-order valence-electron chi connectivity index (χ0n) is 25.7. The van der Waals surface area contributed by atoms with Gasteiger partial charge < -0.3 is 29.6 Å². The SMILES string of the molecule is CCOc1nc(N)nc2c1ncn2[C@@H]1O[C@](F)(COP(=O)(NC(C)C(=O)OC(C)C)Oc2cccc3ccccc23)[C@@H](O)[C@@]1(C)F. The Morgan fingerprint density at radius 2 is 1.91 bits per heavy atom. The Hall–Kier alpha value is -3.95. The zero-order valence-corrected chi connectivity index (χ0v) is 26.6. The summed E-state index contributed by atoms with van der Waals surface area (Å²) in [5.41, 5.74) is 3.04. The molecule has 0 bridgehead atoms. The lowest BCUT2D eigenvalue weighted by Gasteiger charge is -2.28. The summed E-state index contributed by atoms with van der Waals surface area (Å²) in [6, 6.07) is 10.7. The van der Waals surface area contributed by atoms with Crippen LogP contribution in [0.1, 0.15) is 40.8 Å². The number of aliphatic hydroxyl groups excluding tert-OH is 1. The second-order valence-corrected chi connectivity index (χ2v) is 12.8. The third-order valence-electron chi connectivity index (χ3n) is 7.13. The van der Waals surface area contributed by atoms with Crippen molar-refractivity contribution in [2.24, 2.45) is 0 Å². The molecule has 2 aromatic carbocycles. The highest BCUT2D eigenvalue weighted by Gasteiger charge is 2.65. The molecule has 14 nitrogen and oxygen atoms in total. The minimum Gasteiger partial charge on any atom is -0.476 e. The van der Waals surface area contributed by atoms with E-state index in [0.29, 0.717) is 5.39 Å². The number of esters is 1. The number of benzene rings is 2. The molecule has 1 aliphatic heterocycles. The number of nitrogens with two attached hydrogens (primary N) is 1. The van der Waals surface area contributed by atoms with Crippen molar-refractivity contribution in [3.8, 4) is 11.6 Å². The maximum absolute atomic E-state index is 16.5. The molecule has 1 fully saturated rings. The summed E-state index contributed by atoms with van der Waals surface area (Å²) in [7, 11) is -4.68. The van der Waals surface area contributed by atoms with Crippen LogP contribution in [0.2, 0.25) is 0 Å². The summed E-state index contributed by atoms with van der Waals surface area (Å²) in [5.74, 6) is -4.20. The van der Waals surface area contributed by atoms with E-state index in [1.54, 1.807) is 57.2 Å². The summed E-state index contributed by atoms with van der Waals surface area (Å²) in [4.78, 5) is 24.8. The Kier molecular flexibility index (Phi) is 9.21. The van der Waals surface area contributed by atoms with Gasteiger partial charge in [0, 0.05) is 5.39 Å². The van der Waals surface area contributed by atoms with E-state index in [9.17, 15) is 14.5 Å². The van der Waals surface area contributed by atoms with Gasteiger partial charge in [0.05, 0.1) is 19.0 Å². The molecule has 2 aromatic heterocycles. The molecule has 6 atom stereocenters. The Balaban J connectivity index is 1.45. The lowest BCUT2D eigenvalue weighted by atomic mass is 9.97. The largest absolute Gasteiger partial charge is 0.476 e. The highest BCUT2D eigenvalue weighted by molar-refractivity contribution is 7.52. The fourth-order valence-corrected chi connectivity index (χ4v) is 6.49. The van der Waals surface area contributed by atoms with Crippen molar-refractivity contribution < 1.29 is 46.5 Å². The van der Waals surface area contributed by atoms with Crippen molar-refractivity contribution in [3.05, 3.63) is 48.8 Å². The number of anilines is 1. The summed E-state index contributed by atoms with van der Waals surface area (Å²) in [6.45, 7) is 6.15. The lowest BCUT2D eigenvalue weighted by Crippen LogP contribution is -2.47. The quantitative estimate of drug-likeness (QED) is 0.143. The number of nitrogens with zero attached hydrogens (tertiary/aromatic N) is 4. The first kappa shape index (κ1) is 33.4. The molecule has 0 saturated carbocycles. The summed E-state index contributed by atoms with van der Waals surface area (Å²) in [6.07, 6.45) is -3.70. The van der Waals surface area contributed by atoms with Crippen molar-refractivity contribution in [1.82, 2.24) is 24.6 Å². The number of hydrogen-bond acceptors (Lipinski definition) is 12. The first-order chi connectivity index (χ1) is 21.7. The van der Waals surface area contributed by atoms with Crippen LogP contribution in [0.25, 0.3) is 21.9 Å². The highest BCUT2D eigenvalue weighted by Crippen LogP contribution is 2.52. The van der Waals surface area contributed by atoms with Gasteiger partial charge >= 0.3 is 13.7 Å². The van der Waals surface area contributed by atoms with Crippen LogP contribution in [0.3, 0.4) is 0 Å². The minimum absolute atomic E-state index is 0.0143. The van der Waals surface area contributed by atoms with Gasteiger partial charge in [0.2, 0.25) is 11.8 Å². The Morgan fingerprint density at radius 1 is 1.20 bits per heavy atom. The number of aliphatic hydroxyl groups is 1. The van der Waals surface area contributed by atoms with E-state index < -0.39 is 56.3 Å². The molecule has 1 aliphatic rings. The van der Waals surface area contributed by atoms with Gasteiger partial charge in [-0.2, -0.15) is 15.1 Å². The number of rotatable bonds is 12. The van der Waals surface area contributed by atoms with Crippen LogP contribution in [0.4, 0.5) is 14.7 Å². The van der Waals surface area contributed by atoms with Crippen molar-refractivity contribution in [2.75, 3.05) is 18.9 Å². The monoisotopic (exact) mass is 664 g/mol. The fraction of sp³-hybridized carbons (Fsp3) is 0.448. The van der Waals surface area contributed by atoms with E-state index >= 15 is 8.78 Å². The van der Waals surface area contributed by atoms with Crippen molar-refractivity contribution in [3.63, 3.8) is 0 Å². The molecule has 2 unspecified atom stereocenters. The number of carbonyl (C=O) groups is 1. The van der Waals surface area contributed by atoms with Crippen LogP contribution in [-0.4, -0.2) is 73.6 Å². The van der Waals surface area contributed by atoms with E-state index in [2.05, 4.69) is 20.0 Å². The van der Waals surface area contributed by atoms with Crippen LogP contribution >= 0.6 is 7.75 Å². The van der Waals surface area contributed by atoms with Crippen LogP contribution < -0.4 is 20.1 Å². The number of ether oxygens (including phenoxy) is 3. The van der Waals surface area contributed by atoms with Gasteiger partial charge in [-0.3, -0.25) is 13.9 Å². The molecule has 4 N–H and O–H groups in total. The second-order valence-electron chi connectivity index (χ2n) is 11.1. The minimum atomic E-state index is -4.68. The Labute approximate surface area is 262 Å². The zero-order chi connectivity index (χ0) is 33.4. The number of fused-ring (bicyclic) bond motifs is 2. The highest BCUT2D eigenvalue weighted by atomic mass is 31.2. The van der Waals surface area contributed by atoms with E-state index in [-0.39, 0.29) is 35.3 Å². The standard InChI is InChI=1S/C29H35F2N6O8P/c1-6-41-23-21-22(34-27(32)35-23)37(15-33-21)26-28(5,30)25(39)29(31,44-26)14-42-46(40,36-17(4)24(38)43-16(2)3)45-20-13-9-11-18-10-7-8-12-19(18)20/h7-13,15-17,25-26,39H,6,14H2,1-5H3,(H,36,40)(H2,32,34,35)/t17?,25-,26+,28+,29+,46?/m0/s1. The van der Waals surface area contributed by atoms with Crippen molar-refractivity contribution in [1.29, 1.82) is 0 Å². The Morgan fingerprint density at radius 3 is 2.63 bits per heavy atom. The first-order valence-corrected chi connectivity index (χ1v) is 16.0. The maximum Gasteiger partial charge on any atom is 0.459 e. The predicted molar refractivity (Wildman–Crippen MR) is 162 cm³/mol. The van der Waals surface area contributed by atoms with E-state index in [1.807, 2.05) is 0 Å². The molecule has 0 spiro atoms. The van der Waals surface area contributed by atoms with Gasteiger partial charge in [-0.25, -0.2) is 18.3 Å². The molecule has 0 amide bonds. The van der Waals surface area contributed by atoms with Crippen LogP contribution in [0.5, 0.6) is 11.6 Å². The van der Waals surface area contributed by atoms with Gasteiger partial charge in [0.15, 0.2) is 29.2 Å². The van der Waals surface area contributed by atoms with Crippen LogP contribution in [-0.2, 0) is 23.4 Å². The molecule has 5 rings (SSSR count). The fourth-order valence-electron chi connectivity index (χ4n) is 4.97. The average molecular weight is 665 g/mol. The maximum atomic E-state index is 16.5. The van der Waals surface area contributed by atoms with Gasteiger partial charge in [0.1, 0.15) is 18.4 Å². The topological polar surface area (TPSA) is 182 Å². The average Bonchev–Trinajstić information content (AvgIpc) is 3.48. The van der Waals surface area contributed by atoms with Crippen molar-refractivity contribution in [2.45, 2.75) is 70.6 Å².